The van der Waals surface area contributed by atoms with Gasteiger partial charge in [0, 0.05) is 22.4 Å². The van der Waals surface area contributed by atoms with Crippen molar-refractivity contribution in [2.75, 3.05) is 5.73 Å². The van der Waals surface area contributed by atoms with E-state index in [4.69, 9.17) is 15.6 Å². The molecule has 3 aromatic heterocycles. The number of pyridine rings is 2. The van der Waals surface area contributed by atoms with Crippen molar-refractivity contribution in [1.82, 2.24) is 15.0 Å². The lowest BCUT2D eigenvalue weighted by molar-refractivity contribution is 0.0690. The van der Waals surface area contributed by atoms with Crippen LogP contribution in [0.4, 0.5) is 5.69 Å². The van der Waals surface area contributed by atoms with Crippen LogP contribution < -0.4 is 10.5 Å². The largest absolute Gasteiger partial charge is 0.477 e. The molecular weight excluding hydrogens is 308 g/mol. The van der Waals surface area contributed by atoms with E-state index in [0.717, 1.165) is 21.8 Å². The number of fused-ring (bicyclic) bond motifs is 3. The van der Waals surface area contributed by atoms with Crippen molar-refractivity contribution in [3.63, 3.8) is 0 Å². The van der Waals surface area contributed by atoms with Gasteiger partial charge in [-0.3, -0.25) is 0 Å². The zero-order valence-corrected chi connectivity index (χ0v) is 12.4. The summed E-state index contributed by atoms with van der Waals surface area (Å²) in [5.74, 6) is -0.0460. The molecule has 4 N–H and O–H groups in total. The predicted octanol–water partition coefficient (Wildman–Crippen LogP) is 3.18. The average Bonchev–Trinajstić information content (AvgIpc) is 2.94. The van der Waals surface area contributed by atoms with Crippen LogP contribution in [-0.4, -0.2) is 26.0 Å². The Morgan fingerprint density at radius 3 is 2.62 bits per heavy atom. The quantitative estimate of drug-likeness (QED) is 0.534. The third-order valence-electron chi connectivity index (χ3n) is 3.66. The molecule has 118 valence electrons. The molecule has 0 fully saturated rings. The van der Waals surface area contributed by atoms with Crippen LogP contribution in [0.3, 0.4) is 0 Å². The summed E-state index contributed by atoms with van der Waals surface area (Å²) in [5, 5.41) is 10.7. The number of nitrogens with two attached hydrogens (primary N) is 1. The van der Waals surface area contributed by atoms with Crippen molar-refractivity contribution in [3.8, 4) is 11.6 Å². The van der Waals surface area contributed by atoms with Gasteiger partial charge in [0.25, 0.3) is 0 Å². The Morgan fingerprint density at radius 1 is 1.04 bits per heavy atom. The fraction of sp³-hybridized carbons (Fsp3) is 0. The number of carboxylic acid groups (broad SMARTS) is 1. The minimum atomic E-state index is -1.07. The molecule has 0 atom stereocenters. The number of benzene rings is 1. The van der Waals surface area contributed by atoms with E-state index in [1.807, 2.05) is 12.1 Å². The number of H-pyrrole nitrogens is 1. The van der Waals surface area contributed by atoms with Crippen LogP contribution in [0, 0.1) is 0 Å². The number of hydrogen-bond donors (Lipinski definition) is 3. The number of aromatic nitrogens is 3. The van der Waals surface area contributed by atoms with E-state index in [9.17, 15) is 4.79 Å². The molecule has 7 heteroatoms. The lowest BCUT2D eigenvalue weighted by Crippen LogP contribution is -1.98. The van der Waals surface area contributed by atoms with E-state index in [1.165, 1.54) is 12.4 Å². The summed E-state index contributed by atoms with van der Waals surface area (Å²) >= 11 is 0. The van der Waals surface area contributed by atoms with Crippen molar-refractivity contribution < 1.29 is 14.6 Å². The van der Waals surface area contributed by atoms with Crippen LogP contribution in [0.5, 0.6) is 11.6 Å². The van der Waals surface area contributed by atoms with Gasteiger partial charge in [-0.25, -0.2) is 14.8 Å². The minimum Gasteiger partial charge on any atom is -0.477 e. The molecule has 3 heterocycles. The molecule has 0 amide bonds. The highest BCUT2D eigenvalue weighted by molar-refractivity contribution is 6.09. The number of anilines is 1. The predicted molar refractivity (Wildman–Crippen MR) is 89.3 cm³/mol. The number of nitrogens with zero attached hydrogens (tertiary/aromatic N) is 2. The number of nitrogens with one attached hydrogen (secondary N) is 1. The SMILES string of the molecule is Nc1ccc(Oc2ccc3[nH]c4cnc(C(=O)O)cc4c3c2)nc1. The van der Waals surface area contributed by atoms with Gasteiger partial charge < -0.3 is 20.6 Å². The number of nitrogen functional groups attached to an aromatic ring is 1. The van der Waals surface area contributed by atoms with Crippen molar-refractivity contribution in [2.24, 2.45) is 0 Å². The summed E-state index contributed by atoms with van der Waals surface area (Å²) in [6.07, 6.45) is 3.03. The highest BCUT2D eigenvalue weighted by Gasteiger charge is 2.11. The summed E-state index contributed by atoms with van der Waals surface area (Å²) in [6.45, 7) is 0. The molecule has 1 aromatic carbocycles. The Morgan fingerprint density at radius 2 is 1.88 bits per heavy atom. The smallest absolute Gasteiger partial charge is 0.354 e. The zero-order valence-electron chi connectivity index (χ0n) is 12.4. The fourth-order valence-corrected chi connectivity index (χ4v) is 2.53. The summed E-state index contributed by atoms with van der Waals surface area (Å²) in [4.78, 5) is 22.3. The molecule has 0 aliphatic rings. The Kier molecular flexibility index (Phi) is 3.06. The first-order valence-corrected chi connectivity index (χ1v) is 7.14. The number of aromatic carboxylic acids is 1. The summed E-state index contributed by atoms with van der Waals surface area (Å²) in [5.41, 5.74) is 7.79. The topological polar surface area (TPSA) is 114 Å². The van der Waals surface area contributed by atoms with Gasteiger partial charge in [-0.05, 0) is 30.3 Å². The van der Waals surface area contributed by atoms with Gasteiger partial charge in [-0.2, -0.15) is 0 Å². The number of ether oxygens (including phenoxy) is 1. The van der Waals surface area contributed by atoms with Crippen LogP contribution in [0.2, 0.25) is 0 Å². The second kappa shape index (κ2) is 5.24. The first-order chi connectivity index (χ1) is 11.6. The van der Waals surface area contributed by atoms with E-state index in [0.29, 0.717) is 17.3 Å². The molecule has 0 aliphatic carbocycles. The van der Waals surface area contributed by atoms with Gasteiger partial charge in [0.15, 0.2) is 0 Å². The summed E-state index contributed by atoms with van der Waals surface area (Å²) in [7, 11) is 0. The van der Waals surface area contributed by atoms with E-state index in [1.54, 1.807) is 24.3 Å². The number of carbonyl (C=O) groups is 1. The van der Waals surface area contributed by atoms with Crippen LogP contribution >= 0.6 is 0 Å². The van der Waals surface area contributed by atoms with Crippen molar-refractivity contribution in [3.05, 3.63) is 54.5 Å². The molecule has 0 aliphatic heterocycles. The lowest BCUT2D eigenvalue weighted by Gasteiger charge is -2.05. The molecule has 0 saturated carbocycles. The molecule has 0 bridgehead atoms. The van der Waals surface area contributed by atoms with Gasteiger partial charge >= 0.3 is 5.97 Å². The molecule has 4 rings (SSSR count). The third-order valence-corrected chi connectivity index (χ3v) is 3.66. The first kappa shape index (κ1) is 14.0. The van der Waals surface area contributed by atoms with Gasteiger partial charge in [0.1, 0.15) is 11.4 Å². The monoisotopic (exact) mass is 320 g/mol. The Bertz CT molecular complexity index is 1070. The van der Waals surface area contributed by atoms with Crippen LogP contribution in [-0.2, 0) is 0 Å². The van der Waals surface area contributed by atoms with E-state index in [2.05, 4.69) is 15.0 Å². The van der Waals surface area contributed by atoms with Gasteiger partial charge in [0.2, 0.25) is 5.88 Å². The normalized spacial score (nSPS) is 11.0. The van der Waals surface area contributed by atoms with Crippen molar-refractivity contribution in [1.29, 1.82) is 0 Å². The second-order valence-corrected chi connectivity index (χ2v) is 5.28. The van der Waals surface area contributed by atoms with Gasteiger partial charge in [-0.1, -0.05) is 0 Å². The molecule has 7 nitrogen and oxygen atoms in total. The maximum Gasteiger partial charge on any atom is 0.354 e. The molecule has 24 heavy (non-hydrogen) atoms. The van der Waals surface area contributed by atoms with Gasteiger partial charge in [-0.15, -0.1) is 0 Å². The average molecular weight is 320 g/mol. The maximum atomic E-state index is 11.1. The zero-order chi connectivity index (χ0) is 16.7. The van der Waals surface area contributed by atoms with Crippen LogP contribution in [0.15, 0.2) is 48.8 Å². The molecule has 0 saturated heterocycles. The van der Waals surface area contributed by atoms with E-state index >= 15 is 0 Å². The lowest BCUT2D eigenvalue weighted by atomic mass is 10.1. The minimum absolute atomic E-state index is 0.00470. The first-order valence-electron chi connectivity index (χ1n) is 7.14. The van der Waals surface area contributed by atoms with Gasteiger partial charge in [0.05, 0.1) is 23.6 Å². The summed E-state index contributed by atoms with van der Waals surface area (Å²) in [6, 6.07) is 10.4. The van der Waals surface area contributed by atoms with E-state index < -0.39 is 5.97 Å². The van der Waals surface area contributed by atoms with Crippen LogP contribution in [0.25, 0.3) is 21.8 Å². The number of hydrogen-bond acceptors (Lipinski definition) is 5. The Labute approximate surface area is 135 Å². The number of carboxylic acids is 1. The fourth-order valence-electron chi connectivity index (χ4n) is 2.53. The standard InChI is InChI=1S/C17H12N4O3/c18-9-1-4-16(20-7-9)24-10-2-3-13-11(5-10)12-6-14(17(22)23)19-8-15(12)21-13/h1-8,21H,18H2,(H,22,23). The Hall–Kier alpha value is -3.61. The maximum absolute atomic E-state index is 11.1. The second-order valence-electron chi connectivity index (χ2n) is 5.28. The molecule has 0 unspecified atom stereocenters. The highest BCUT2D eigenvalue weighted by atomic mass is 16.5. The molecule has 0 spiro atoms. The summed E-state index contributed by atoms with van der Waals surface area (Å²) < 4.78 is 5.72. The van der Waals surface area contributed by atoms with Crippen molar-refractivity contribution >= 4 is 33.5 Å². The molecule has 4 aromatic rings. The number of aromatic amines is 1. The van der Waals surface area contributed by atoms with Crippen molar-refractivity contribution in [2.45, 2.75) is 0 Å². The Balaban J connectivity index is 1.80. The van der Waals surface area contributed by atoms with Crippen LogP contribution in [0.1, 0.15) is 10.5 Å². The number of rotatable bonds is 3. The third kappa shape index (κ3) is 2.38. The molecular formula is C17H12N4O3. The molecule has 0 radical (unpaired) electrons. The highest BCUT2D eigenvalue weighted by Crippen LogP contribution is 2.30. The van der Waals surface area contributed by atoms with E-state index in [-0.39, 0.29) is 5.69 Å².